The number of carbonyl (C=O) groups is 5. The fraction of sp³-hybridized carbons (Fsp3) is 0.560. The smallest absolute Gasteiger partial charge is 0.326 e. The van der Waals surface area contributed by atoms with Crippen molar-refractivity contribution in [2.24, 2.45) is 11.5 Å². The van der Waals surface area contributed by atoms with E-state index >= 15 is 0 Å². The molecule has 9 N–H and O–H groups in total. The first-order valence-corrected chi connectivity index (χ1v) is 12.6. The Balaban J connectivity index is 2.10. The van der Waals surface area contributed by atoms with E-state index in [2.05, 4.69) is 10.6 Å². The standard InChI is InChI=1S/C25H37N5O8/c26-12-2-1-4-19(25(37)38)29-23(35)20-5-3-13-30(20)24(36)18(10-11-21(32)33)28-22(34)17(27)14-15-6-8-16(31)9-7-15/h6-9,17-20,31H,1-5,10-14,26-27H2,(H,28,34)(H,29,35)(H,32,33)(H,37,38). The van der Waals surface area contributed by atoms with Gasteiger partial charge >= 0.3 is 11.9 Å². The summed E-state index contributed by atoms with van der Waals surface area (Å²) < 4.78 is 0. The molecule has 1 fully saturated rings. The Morgan fingerprint density at radius 1 is 1.00 bits per heavy atom. The number of amides is 3. The van der Waals surface area contributed by atoms with Gasteiger partial charge in [0.15, 0.2) is 0 Å². The monoisotopic (exact) mass is 535 g/mol. The second-order valence-electron chi connectivity index (χ2n) is 9.34. The molecule has 3 amide bonds. The topological polar surface area (TPSA) is 225 Å². The van der Waals surface area contributed by atoms with Crippen molar-refractivity contribution in [3.8, 4) is 5.75 Å². The van der Waals surface area contributed by atoms with E-state index in [9.17, 15) is 34.2 Å². The summed E-state index contributed by atoms with van der Waals surface area (Å²) in [6, 6.07) is 1.73. The number of phenols is 1. The molecule has 13 nitrogen and oxygen atoms in total. The SMILES string of the molecule is NCCCCC(NC(=O)C1CCCN1C(=O)C(CCC(=O)O)NC(=O)C(N)Cc1ccc(O)cc1)C(=O)O. The minimum atomic E-state index is -1.24. The predicted molar refractivity (Wildman–Crippen MR) is 136 cm³/mol. The maximum atomic E-state index is 13.4. The highest BCUT2D eigenvalue weighted by atomic mass is 16.4. The fourth-order valence-corrected chi connectivity index (χ4v) is 4.30. The van der Waals surface area contributed by atoms with Gasteiger partial charge in [-0.25, -0.2) is 4.79 Å². The van der Waals surface area contributed by atoms with Crippen LogP contribution in [-0.4, -0.2) is 87.1 Å². The highest BCUT2D eigenvalue weighted by Crippen LogP contribution is 2.20. The summed E-state index contributed by atoms with van der Waals surface area (Å²) in [7, 11) is 0. The van der Waals surface area contributed by atoms with Crippen LogP contribution in [-0.2, 0) is 30.4 Å². The van der Waals surface area contributed by atoms with Gasteiger partial charge in [-0.1, -0.05) is 12.1 Å². The Morgan fingerprint density at radius 2 is 1.68 bits per heavy atom. The lowest BCUT2D eigenvalue weighted by Crippen LogP contribution is -2.57. The number of rotatable bonds is 15. The number of aliphatic carboxylic acids is 2. The van der Waals surface area contributed by atoms with E-state index in [-0.39, 0.29) is 31.6 Å². The molecular formula is C25H37N5O8. The Bertz CT molecular complexity index is 986. The molecule has 0 saturated carbocycles. The quantitative estimate of drug-likeness (QED) is 0.140. The lowest BCUT2D eigenvalue weighted by atomic mass is 10.0. The highest BCUT2D eigenvalue weighted by Gasteiger charge is 2.39. The number of nitrogens with two attached hydrogens (primary N) is 2. The van der Waals surface area contributed by atoms with Crippen LogP contribution in [0, 0.1) is 0 Å². The molecule has 1 saturated heterocycles. The maximum Gasteiger partial charge on any atom is 0.326 e. The van der Waals surface area contributed by atoms with Crippen LogP contribution in [0.3, 0.4) is 0 Å². The van der Waals surface area contributed by atoms with Gasteiger partial charge in [0.05, 0.1) is 6.04 Å². The van der Waals surface area contributed by atoms with Gasteiger partial charge in [-0.3, -0.25) is 19.2 Å². The molecule has 1 heterocycles. The molecule has 38 heavy (non-hydrogen) atoms. The third-order valence-electron chi connectivity index (χ3n) is 6.39. The molecule has 0 aromatic heterocycles. The molecule has 1 aromatic carbocycles. The Kier molecular flexibility index (Phi) is 12.0. The number of unbranched alkanes of at least 4 members (excludes halogenated alkanes) is 1. The number of hydrogen-bond donors (Lipinski definition) is 7. The van der Waals surface area contributed by atoms with Gasteiger partial charge in [-0.2, -0.15) is 0 Å². The summed E-state index contributed by atoms with van der Waals surface area (Å²) in [5.74, 6) is -4.23. The molecule has 1 aromatic rings. The molecule has 0 spiro atoms. The summed E-state index contributed by atoms with van der Waals surface area (Å²) >= 11 is 0. The number of phenolic OH excluding ortho intramolecular Hbond substituents is 1. The van der Waals surface area contributed by atoms with E-state index in [1.165, 1.54) is 17.0 Å². The molecule has 2 rings (SSSR count). The fourth-order valence-electron chi connectivity index (χ4n) is 4.30. The minimum absolute atomic E-state index is 0.0561. The Labute approximate surface area is 220 Å². The normalized spacial score (nSPS) is 17.3. The zero-order valence-electron chi connectivity index (χ0n) is 21.2. The van der Waals surface area contributed by atoms with Crippen molar-refractivity contribution in [3.63, 3.8) is 0 Å². The Hall–Kier alpha value is -3.71. The van der Waals surface area contributed by atoms with Crippen LogP contribution in [0.5, 0.6) is 5.75 Å². The van der Waals surface area contributed by atoms with Crippen LogP contribution in [0.25, 0.3) is 0 Å². The maximum absolute atomic E-state index is 13.4. The van der Waals surface area contributed by atoms with Crippen LogP contribution >= 0.6 is 0 Å². The predicted octanol–water partition coefficient (Wildman–Crippen LogP) is -0.699. The number of aromatic hydroxyl groups is 1. The van der Waals surface area contributed by atoms with Gasteiger partial charge < -0.3 is 42.3 Å². The molecule has 13 heteroatoms. The highest BCUT2D eigenvalue weighted by molar-refractivity contribution is 5.94. The molecule has 210 valence electrons. The number of benzene rings is 1. The molecular weight excluding hydrogens is 498 g/mol. The van der Waals surface area contributed by atoms with E-state index in [4.69, 9.17) is 16.6 Å². The van der Waals surface area contributed by atoms with E-state index < -0.39 is 60.2 Å². The van der Waals surface area contributed by atoms with Crippen LogP contribution < -0.4 is 22.1 Å². The summed E-state index contributed by atoms with van der Waals surface area (Å²) in [6.07, 6.45) is 1.57. The van der Waals surface area contributed by atoms with E-state index in [1.807, 2.05) is 0 Å². The van der Waals surface area contributed by atoms with Crippen LogP contribution in [0.1, 0.15) is 50.5 Å². The first-order chi connectivity index (χ1) is 18.0. The van der Waals surface area contributed by atoms with Crippen molar-refractivity contribution in [2.75, 3.05) is 13.1 Å². The number of carbonyl (C=O) groups excluding carboxylic acids is 3. The second-order valence-corrected chi connectivity index (χ2v) is 9.34. The second kappa shape index (κ2) is 14.9. The largest absolute Gasteiger partial charge is 0.508 e. The number of likely N-dealkylation sites (tertiary alicyclic amines) is 1. The van der Waals surface area contributed by atoms with Gasteiger partial charge in [-0.15, -0.1) is 0 Å². The summed E-state index contributed by atoms with van der Waals surface area (Å²) in [6.45, 7) is 0.591. The molecule has 0 aliphatic carbocycles. The van der Waals surface area contributed by atoms with Gasteiger partial charge in [0, 0.05) is 13.0 Å². The molecule has 1 aliphatic heterocycles. The van der Waals surface area contributed by atoms with Crippen molar-refractivity contribution in [1.29, 1.82) is 0 Å². The number of carboxylic acids is 2. The molecule has 1 aliphatic rings. The zero-order chi connectivity index (χ0) is 28.2. The van der Waals surface area contributed by atoms with Crippen LogP contribution in [0.2, 0.25) is 0 Å². The van der Waals surface area contributed by atoms with Crippen molar-refractivity contribution >= 4 is 29.7 Å². The molecule has 0 bridgehead atoms. The Morgan fingerprint density at radius 3 is 2.29 bits per heavy atom. The number of nitrogens with zero attached hydrogens (tertiary/aromatic N) is 1. The molecule has 4 atom stereocenters. The van der Waals surface area contributed by atoms with Gasteiger partial charge in [-0.05, 0) is 69.2 Å². The van der Waals surface area contributed by atoms with Crippen molar-refractivity contribution < 1.29 is 39.3 Å². The van der Waals surface area contributed by atoms with Crippen molar-refractivity contribution in [2.45, 2.75) is 75.5 Å². The number of nitrogens with one attached hydrogen (secondary N) is 2. The third-order valence-corrected chi connectivity index (χ3v) is 6.39. The summed E-state index contributed by atoms with van der Waals surface area (Å²) in [4.78, 5) is 63.2. The zero-order valence-corrected chi connectivity index (χ0v) is 21.2. The van der Waals surface area contributed by atoms with Crippen LogP contribution in [0.4, 0.5) is 0 Å². The average Bonchev–Trinajstić information content (AvgIpc) is 3.36. The summed E-state index contributed by atoms with van der Waals surface area (Å²) in [5.41, 5.74) is 12.1. The third kappa shape index (κ3) is 9.30. The van der Waals surface area contributed by atoms with Gasteiger partial charge in [0.2, 0.25) is 17.7 Å². The van der Waals surface area contributed by atoms with Crippen molar-refractivity contribution in [3.05, 3.63) is 29.8 Å². The molecule has 4 unspecified atom stereocenters. The van der Waals surface area contributed by atoms with Gasteiger partial charge in [0.25, 0.3) is 0 Å². The minimum Gasteiger partial charge on any atom is -0.508 e. The van der Waals surface area contributed by atoms with E-state index in [1.54, 1.807) is 12.1 Å². The molecule has 0 radical (unpaired) electrons. The van der Waals surface area contributed by atoms with Crippen molar-refractivity contribution in [1.82, 2.24) is 15.5 Å². The number of hydrogen-bond acceptors (Lipinski definition) is 8. The van der Waals surface area contributed by atoms with Gasteiger partial charge in [0.1, 0.15) is 23.9 Å². The summed E-state index contributed by atoms with van der Waals surface area (Å²) in [5, 5.41) is 33.0. The van der Waals surface area contributed by atoms with Crippen LogP contribution in [0.15, 0.2) is 24.3 Å². The first kappa shape index (κ1) is 30.5. The van der Waals surface area contributed by atoms with E-state index in [0.717, 1.165) is 0 Å². The number of carboxylic acid groups (broad SMARTS) is 2. The lowest BCUT2D eigenvalue weighted by molar-refractivity contribution is -0.145. The first-order valence-electron chi connectivity index (χ1n) is 12.6. The van der Waals surface area contributed by atoms with E-state index in [0.29, 0.717) is 37.8 Å². The average molecular weight is 536 g/mol. The lowest BCUT2D eigenvalue weighted by Gasteiger charge is -2.30.